The lowest BCUT2D eigenvalue weighted by Gasteiger charge is -2.13. The number of carbonyl (C=O) groups excluding carboxylic acids is 1. The van der Waals surface area contributed by atoms with Gasteiger partial charge in [0.15, 0.2) is 0 Å². The molecule has 4 rings (SSSR count). The number of benzene rings is 2. The van der Waals surface area contributed by atoms with Crippen molar-refractivity contribution in [3.63, 3.8) is 0 Å². The van der Waals surface area contributed by atoms with Crippen LogP contribution in [0.4, 0.5) is 0 Å². The lowest BCUT2D eigenvalue weighted by molar-refractivity contribution is -0.119. The van der Waals surface area contributed by atoms with Gasteiger partial charge in [0.25, 0.3) is 0 Å². The molecule has 2 aromatic carbocycles. The van der Waals surface area contributed by atoms with Crippen LogP contribution in [-0.4, -0.2) is 5.78 Å². The molecule has 0 aliphatic carbocycles. The highest BCUT2D eigenvalue weighted by Gasteiger charge is 2.12. The van der Waals surface area contributed by atoms with Crippen LogP contribution in [0.1, 0.15) is 46.2 Å². The van der Waals surface area contributed by atoms with E-state index in [1.165, 1.54) is 54.3 Å². The van der Waals surface area contributed by atoms with Crippen LogP contribution < -0.4 is 0 Å². The van der Waals surface area contributed by atoms with Crippen LogP contribution in [0.25, 0.3) is 20.9 Å². The van der Waals surface area contributed by atoms with Crippen LogP contribution in [0.5, 0.6) is 0 Å². The smallest absolute Gasteiger partial charge is 0.133 e. The van der Waals surface area contributed by atoms with Crippen molar-refractivity contribution < 1.29 is 4.79 Å². The summed E-state index contributed by atoms with van der Waals surface area (Å²) in [7, 11) is 0. The highest BCUT2D eigenvalue weighted by molar-refractivity contribution is 7.13. The van der Waals surface area contributed by atoms with Crippen molar-refractivity contribution in [1.29, 1.82) is 0 Å². The number of aryl methyl sites for hydroxylation is 4. The van der Waals surface area contributed by atoms with Crippen molar-refractivity contribution in [2.24, 2.45) is 0 Å². The molecular formula is C29H30OS2. The van der Waals surface area contributed by atoms with E-state index in [9.17, 15) is 4.79 Å². The van der Waals surface area contributed by atoms with Gasteiger partial charge in [0.2, 0.25) is 0 Å². The Balaban J connectivity index is 1.38. The number of hydrogen-bond donors (Lipinski definition) is 0. The van der Waals surface area contributed by atoms with Crippen molar-refractivity contribution in [2.45, 2.75) is 53.4 Å². The summed E-state index contributed by atoms with van der Waals surface area (Å²) in [5, 5.41) is 4.23. The quantitative estimate of drug-likeness (QED) is 0.259. The summed E-state index contributed by atoms with van der Waals surface area (Å²) < 4.78 is 0. The molecule has 4 aromatic rings. The van der Waals surface area contributed by atoms with Gasteiger partial charge in [-0.25, -0.2) is 0 Å². The fraction of sp³-hybridized carbons (Fsp3) is 0.276. The van der Waals surface area contributed by atoms with Crippen LogP contribution in [0.3, 0.4) is 0 Å². The van der Waals surface area contributed by atoms with Gasteiger partial charge in [-0.1, -0.05) is 36.4 Å². The molecule has 0 unspecified atom stereocenters. The van der Waals surface area contributed by atoms with Gasteiger partial charge in [0.05, 0.1) is 0 Å². The summed E-state index contributed by atoms with van der Waals surface area (Å²) in [6.07, 6.45) is 2.89. The van der Waals surface area contributed by atoms with E-state index >= 15 is 0 Å². The molecule has 0 aliphatic rings. The molecule has 3 heteroatoms. The zero-order chi connectivity index (χ0) is 22.7. The summed E-state index contributed by atoms with van der Waals surface area (Å²) in [4.78, 5) is 15.3. The fourth-order valence-corrected chi connectivity index (χ4v) is 6.03. The standard InChI is InChI=1S/C29H30OS2/c1-19-15-23(28-7-5-13-31-28)16-20(2)26(19)11-9-25(30)10-12-27-21(3)17-24(18-22(27)4)29-8-6-14-32-29/h5-8,13-18H,9-12H2,1-4H3. The third-order valence-electron chi connectivity index (χ3n) is 6.31. The van der Waals surface area contributed by atoms with E-state index in [2.05, 4.69) is 87.0 Å². The van der Waals surface area contributed by atoms with Gasteiger partial charge in [-0.05, 0) is 108 Å². The second kappa shape index (κ2) is 9.97. The molecule has 0 N–H and O–H groups in total. The second-order valence-corrected chi connectivity index (χ2v) is 10.6. The van der Waals surface area contributed by atoms with E-state index in [1.807, 2.05) is 0 Å². The molecule has 0 fully saturated rings. The molecule has 164 valence electrons. The van der Waals surface area contributed by atoms with Gasteiger partial charge in [-0.3, -0.25) is 4.79 Å². The second-order valence-electron chi connectivity index (χ2n) is 8.67. The first-order chi connectivity index (χ1) is 15.4. The van der Waals surface area contributed by atoms with E-state index < -0.39 is 0 Å². The molecule has 0 spiro atoms. The zero-order valence-corrected chi connectivity index (χ0v) is 21.0. The van der Waals surface area contributed by atoms with Gasteiger partial charge >= 0.3 is 0 Å². The monoisotopic (exact) mass is 458 g/mol. The highest BCUT2D eigenvalue weighted by atomic mass is 32.1. The Hall–Kier alpha value is -2.49. The number of Topliss-reactive ketones (excluding diaryl/α,β-unsaturated/α-hetero) is 1. The van der Waals surface area contributed by atoms with Crippen molar-refractivity contribution in [3.8, 4) is 20.9 Å². The SMILES string of the molecule is Cc1cc(-c2cccs2)cc(C)c1CCC(=O)CCc1c(C)cc(-c2cccs2)cc1C. The lowest BCUT2D eigenvalue weighted by Crippen LogP contribution is -2.06. The number of ketones is 1. The normalized spacial score (nSPS) is 11.1. The maximum atomic E-state index is 12.7. The predicted octanol–water partition coefficient (Wildman–Crippen LogP) is 8.51. The van der Waals surface area contributed by atoms with Gasteiger partial charge in [0, 0.05) is 22.6 Å². The molecule has 0 radical (unpaired) electrons. The van der Waals surface area contributed by atoms with Crippen molar-refractivity contribution >= 4 is 28.5 Å². The maximum Gasteiger partial charge on any atom is 0.133 e. The molecular weight excluding hydrogens is 428 g/mol. The molecule has 0 saturated carbocycles. The van der Waals surface area contributed by atoms with Gasteiger partial charge in [0.1, 0.15) is 5.78 Å². The van der Waals surface area contributed by atoms with Crippen LogP contribution in [0.15, 0.2) is 59.3 Å². The molecule has 0 aliphatic heterocycles. The summed E-state index contributed by atoms with van der Waals surface area (Å²) in [5.41, 5.74) is 10.4. The van der Waals surface area contributed by atoms with Crippen molar-refractivity contribution in [1.82, 2.24) is 0 Å². The minimum absolute atomic E-state index is 0.354. The van der Waals surface area contributed by atoms with Crippen molar-refractivity contribution in [3.05, 3.63) is 92.7 Å². The molecule has 2 aromatic heterocycles. The number of hydrogen-bond acceptors (Lipinski definition) is 3. The van der Waals surface area contributed by atoms with Crippen LogP contribution >= 0.6 is 22.7 Å². The van der Waals surface area contributed by atoms with Gasteiger partial charge in [-0.2, -0.15) is 0 Å². The molecule has 0 bridgehead atoms. The first kappa shape index (κ1) is 22.7. The first-order valence-electron chi connectivity index (χ1n) is 11.2. The third-order valence-corrected chi connectivity index (χ3v) is 8.15. The van der Waals surface area contributed by atoms with Crippen LogP contribution in [0, 0.1) is 27.7 Å². The van der Waals surface area contributed by atoms with E-state index in [4.69, 9.17) is 0 Å². The minimum atomic E-state index is 0.354. The molecule has 32 heavy (non-hydrogen) atoms. The fourth-order valence-electron chi connectivity index (χ4n) is 4.60. The third kappa shape index (κ3) is 5.11. The average Bonchev–Trinajstić information content (AvgIpc) is 3.46. The number of carbonyl (C=O) groups is 1. The Morgan fingerprint density at radius 2 is 1.03 bits per heavy atom. The first-order valence-corrected chi connectivity index (χ1v) is 13.0. The van der Waals surface area contributed by atoms with E-state index in [0.717, 1.165) is 12.8 Å². The average molecular weight is 459 g/mol. The molecule has 0 atom stereocenters. The van der Waals surface area contributed by atoms with Gasteiger partial charge < -0.3 is 0 Å². The summed E-state index contributed by atoms with van der Waals surface area (Å²) in [5.74, 6) is 0.354. The largest absolute Gasteiger partial charge is 0.300 e. The lowest BCUT2D eigenvalue weighted by atomic mass is 9.92. The van der Waals surface area contributed by atoms with Crippen LogP contribution in [-0.2, 0) is 17.6 Å². The summed E-state index contributed by atoms with van der Waals surface area (Å²) in [6, 6.07) is 17.6. The molecule has 2 heterocycles. The summed E-state index contributed by atoms with van der Waals surface area (Å²) >= 11 is 3.54. The van der Waals surface area contributed by atoms with E-state index in [-0.39, 0.29) is 0 Å². The molecule has 0 saturated heterocycles. The zero-order valence-electron chi connectivity index (χ0n) is 19.3. The van der Waals surface area contributed by atoms with E-state index in [1.54, 1.807) is 22.7 Å². The van der Waals surface area contributed by atoms with Gasteiger partial charge in [-0.15, -0.1) is 22.7 Å². The summed E-state index contributed by atoms with van der Waals surface area (Å²) in [6.45, 7) is 8.69. The Labute approximate surface area is 199 Å². The van der Waals surface area contributed by atoms with Crippen molar-refractivity contribution in [2.75, 3.05) is 0 Å². The predicted molar refractivity (Wildman–Crippen MR) is 140 cm³/mol. The number of thiophene rings is 2. The Morgan fingerprint density at radius 3 is 1.34 bits per heavy atom. The number of rotatable bonds is 8. The van der Waals surface area contributed by atoms with Crippen LogP contribution in [0.2, 0.25) is 0 Å². The minimum Gasteiger partial charge on any atom is -0.300 e. The highest BCUT2D eigenvalue weighted by Crippen LogP contribution is 2.31. The Kier molecular flexibility index (Phi) is 7.07. The Bertz CT molecular complexity index is 1070. The Morgan fingerprint density at radius 1 is 0.656 bits per heavy atom. The molecule has 1 nitrogen and oxygen atoms in total. The maximum absolute atomic E-state index is 12.7. The molecule has 0 amide bonds. The van der Waals surface area contributed by atoms with E-state index in [0.29, 0.717) is 18.6 Å². The topological polar surface area (TPSA) is 17.1 Å².